The van der Waals surface area contributed by atoms with Crippen molar-refractivity contribution in [1.29, 1.82) is 0 Å². The highest BCUT2D eigenvalue weighted by atomic mass is 19.4. The van der Waals surface area contributed by atoms with Crippen LogP contribution < -0.4 is 5.73 Å². The van der Waals surface area contributed by atoms with E-state index in [1.807, 2.05) is 6.92 Å². The van der Waals surface area contributed by atoms with Gasteiger partial charge in [0.25, 0.3) is 0 Å². The Morgan fingerprint density at radius 1 is 1.25 bits per heavy atom. The summed E-state index contributed by atoms with van der Waals surface area (Å²) in [6.45, 7) is 7.20. The smallest absolute Gasteiger partial charge is 0.329 e. The van der Waals surface area contributed by atoms with Gasteiger partial charge in [-0.2, -0.15) is 13.2 Å². The highest BCUT2D eigenvalue weighted by Gasteiger charge is 2.31. The minimum absolute atomic E-state index is 0.183. The van der Waals surface area contributed by atoms with Crippen molar-refractivity contribution in [3.8, 4) is 0 Å². The molecule has 0 aliphatic heterocycles. The van der Waals surface area contributed by atoms with E-state index in [2.05, 4.69) is 18.7 Å². The van der Waals surface area contributed by atoms with Crippen LogP contribution in [0.25, 0.3) is 0 Å². The fourth-order valence-electron chi connectivity index (χ4n) is 2.46. The number of benzene rings is 1. The van der Waals surface area contributed by atoms with Gasteiger partial charge < -0.3 is 5.73 Å². The standard InChI is InChI=1S/C15H23F3N2/c1-4-11(3)20(5-2)14(10-19)12-7-6-8-13(9-12)15(16,17)18/h6-9,11,14H,4-5,10,19H2,1-3H3. The first-order chi connectivity index (χ1) is 9.35. The predicted molar refractivity (Wildman–Crippen MR) is 75.4 cm³/mol. The number of alkyl halides is 3. The van der Waals surface area contributed by atoms with Crippen LogP contribution in [0, 0.1) is 0 Å². The maximum absolute atomic E-state index is 12.8. The summed E-state index contributed by atoms with van der Waals surface area (Å²) in [5.74, 6) is 0. The maximum Gasteiger partial charge on any atom is 0.416 e. The number of rotatable bonds is 6. The van der Waals surface area contributed by atoms with Gasteiger partial charge in [-0.15, -0.1) is 0 Å². The number of halogens is 3. The van der Waals surface area contributed by atoms with Crippen LogP contribution in [0.5, 0.6) is 0 Å². The zero-order chi connectivity index (χ0) is 15.3. The van der Waals surface area contributed by atoms with Gasteiger partial charge in [-0.05, 0) is 37.6 Å². The molecule has 0 amide bonds. The summed E-state index contributed by atoms with van der Waals surface area (Å²) in [5, 5.41) is 0. The minimum atomic E-state index is -4.32. The van der Waals surface area contributed by atoms with Crippen molar-refractivity contribution in [3.63, 3.8) is 0 Å². The Balaban J connectivity index is 3.12. The van der Waals surface area contributed by atoms with Crippen LogP contribution in [0.1, 0.15) is 44.4 Å². The van der Waals surface area contributed by atoms with Crippen molar-refractivity contribution in [2.45, 2.75) is 45.5 Å². The Morgan fingerprint density at radius 2 is 1.90 bits per heavy atom. The molecule has 2 nitrogen and oxygen atoms in total. The van der Waals surface area contributed by atoms with Crippen molar-refractivity contribution >= 4 is 0 Å². The SMILES string of the molecule is CCC(C)N(CC)C(CN)c1cccc(C(F)(F)F)c1. The summed E-state index contributed by atoms with van der Waals surface area (Å²) in [5.41, 5.74) is 5.82. The van der Waals surface area contributed by atoms with E-state index < -0.39 is 11.7 Å². The molecule has 20 heavy (non-hydrogen) atoms. The van der Waals surface area contributed by atoms with Gasteiger partial charge in [0, 0.05) is 18.6 Å². The van der Waals surface area contributed by atoms with Gasteiger partial charge in [-0.1, -0.05) is 26.0 Å². The normalized spacial score (nSPS) is 15.4. The Bertz CT molecular complexity index is 418. The molecule has 0 fully saturated rings. The first-order valence-corrected chi connectivity index (χ1v) is 6.98. The Morgan fingerprint density at radius 3 is 2.35 bits per heavy atom. The monoisotopic (exact) mass is 288 g/mol. The van der Waals surface area contributed by atoms with Crippen molar-refractivity contribution in [3.05, 3.63) is 35.4 Å². The first kappa shape index (κ1) is 17.0. The summed E-state index contributed by atoms with van der Waals surface area (Å²) in [4.78, 5) is 2.15. The van der Waals surface area contributed by atoms with E-state index in [-0.39, 0.29) is 12.1 Å². The van der Waals surface area contributed by atoms with E-state index in [4.69, 9.17) is 5.73 Å². The Labute approximate surface area is 118 Å². The summed E-state index contributed by atoms with van der Waals surface area (Å²) in [6.07, 6.45) is -3.38. The molecule has 0 saturated carbocycles. The average Bonchev–Trinajstić information content (AvgIpc) is 2.43. The van der Waals surface area contributed by atoms with Gasteiger partial charge in [0.1, 0.15) is 0 Å². The fraction of sp³-hybridized carbons (Fsp3) is 0.600. The number of likely N-dealkylation sites (N-methyl/N-ethyl adjacent to an activating group) is 1. The van der Waals surface area contributed by atoms with E-state index in [0.29, 0.717) is 12.1 Å². The summed E-state index contributed by atoms with van der Waals surface area (Å²) in [6, 6.07) is 5.57. The molecular weight excluding hydrogens is 265 g/mol. The molecular formula is C15H23F3N2. The number of hydrogen-bond acceptors (Lipinski definition) is 2. The van der Waals surface area contributed by atoms with Crippen LogP contribution in [0.3, 0.4) is 0 Å². The van der Waals surface area contributed by atoms with Gasteiger partial charge in [0.2, 0.25) is 0 Å². The molecule has 2 N–H and O–H groups in total. The lowest BCUT2D eigenvalue weighted by molar-refractivity contribution is -0.137. The molecule has 0 spiro atoms. The first-order valence-electron chi connectivity index (χ1n) is 6.98. The van der Waals surface area contributed by atoms with Crippen LogP contribution in [-0.2, 0) is 6.18 Å². The summed E-state index contributed by atoms with van der Waals surface area (Å²) >= 11 is 0. The molecule has 2 unspecified atom stereocenters. The third-order valence-corrected chi connectivity index (χ3v) is 3.74. The molecule has 0 bridgehead atoms. The lowest BCUT2D eigenvalue weighted by Crippen LogP contribution is -2.39. The van der Waals surface area contributed by atoms with Gasteiger partial charge in [0.05, 0.1) is 5.56 Å². The molecule has 114 valence electrons. The highest BCUT2D eigenvalue weighted by Crippen LogP contribution is 2.32. The summed E-state index contributed by atoms with van der Waals surface area (Å²) in [7, 11) is 0. The highest BCUT2D eigenvalue weighted by molar-refractivity contribution is 5.28. The largest absolute Gasteiger partial charge is 0.416 e. The second-order valence-electron chi connectivity index (χ2n) is 4.96. The van der Waals surface area contributed by atoms with Crippen LogP contribution in [0.4, 0.5) is 13.2 Å². The van der Waals surface area contributed by atoms with Crippen molar-refractivity contribution in [1.82, 2.24) is 4.90 Å². The van der Waals surface area contributed by atoms with E-state index in [9.17, 15) is 13.2 Å². The van der Waals surface area contributed by atoms with E-state index in [0.717, 1.165) is 19.0 Å². The summed E-state index contributed by atoms with van der Waals surface area (Å²) < 4.78 is 38.4. The lowest BCUT2D eigenvalue weighted by Gasteiger charge is -2.35. The second kappa shape index (κ2) is 7.09. The molecule has 0 aliphatic carbocycles. The molecule has 1 rings (SSSR count). The molecule has 0 aromatic heterocycles. The Hall–Kier alpha value is -1.07. The van der Waals surface area contributed by atoms with E-state index in [1.54, 1.807) is 6.07 Å². The van der Waals surface area contributed by atoms with Crippen molar-refractivity contribution in [2.24, 2.45) is 5.73 Å². The number of nitrogens with zero attached hydrogens (tertiary/aromatic N) is 1. The van der Waals surface area contributed by atoms with Crippen molar-refractivity contribution < 1.29 is 13.2 Å². The van der Waals surface area contributed by atoms with Crippen molar-refractivity contribution in [2.75, 3.05) is 13.1 Å². The second-order valence-corrected chi connectivity index (χ2v) is 4.96. The molecule has 1 aromatic carbocycles. The molecule has 0 heterocycles. The lowest BCUT2D eigenvalue weighted by atomic mass is 10.0. The van der Waals surface area contributed by atoms with Crippen LogP contribution >= 0.6 is 0 Å². The van der Waals surface area contributed by atoms with Gasteiger partial charge >= 0.3 is 6.18 Å². The van der Waals surface area contributed by atoms with Crippen LogP contribution in [-0.4, -0.2) is 24.0 Å². The average molecular weight is 288 g/mol. The van der Waals surface area contributed by atoms with Gasteiger partial charge in [-0.25, -0.2) is 0 Å². The van der Waals surface area contributed by atoms with Gasteiger partial charge in [-0.3, -0.25) is 4.90 Å². The van der Waals surface area contributed by atoms with Gasteiger partial charge in [0.15, 0.2) is 0 Å². The zero-order valence-corrected chi connectivity index (χ0v) is 12.2. The maximum atomic E-state index is 12.8. The number of hydrogen-bond donors (Lipinski definition) is 1. The Kier molecular flexibility index (Phi) is 6.02. The van der Waals surface area contributed by atoms with Crippen LogP contribution in [0.2, 0.25) is 0 Å². The minimum Gasteiger partial charge on any atom is -0.329 e. The fourth-order valence-corrected chi connectivity index (χ4v) is 2.46. The third-order valence-electron chi connectivity index (χ3n) is 3.74. The molecule has 2 atom stereocenters. The zero-order valence-electron chi connectivity index (χ0n) is 12.2. The quantitative estimate of drug-likeness (QED) is 0.862. The molecule has 1 aromatic rings. The topological polar surface area (TPSA) is 29.3 Å². The molecule has 0 radical (unpaired) electrons. The van der Waals surface area contributed by atoms with E-state index in [1.165, 1.54) is 12.1 Å². The third kappa shape index (κ3) is 3.96. The number of nitrogens with two attached hydrogens (primary N) is 1. The molecule has 0 saturated heterocycles. The predicted octanol–water partition coefficient (Wildman–Crippen LogP) is 3.83. The molecule has 0 aliphatic rings. The van der Waals surface area contributed by atoms with Crippen LogP contribution in [0.15, 0.2) is 24.3 Å². The molecule has 5 heteroatoms. The van der Waals surface area contributed by atoms with E-state index >= 15 is 0 Å².